The number of nitrogens with zero attached hydrogens (tertiary/aromatic N) is 5. The molecule has 0 fully saturated rings. The van der Waals surface area contributed by atoms with Crippen molar-refractivity contribution in [3.63, 3.8) is 0 Å². The van der Waals surface area contributed by atoms with Crippen LogP contribution < -0.4 is 0 Å². The van der Waals surface area contributed by atoms with Crippen molar-refractivity contribution in [2.24, 2.45) is 5.10 Å². The molecule has 2 heterocycles. The fourth-order valence-electron chi connectivity index (χ4n) is 3.65. The van der Waals surface area contributed by atoms with Crippen molar-refractivity contribution >= 4 is 23.2 Å². The minimum absolute atomic E-state index is 0.0195. The van der Waals surface area contributed by atoms with Crippen molar-refractivity contribution in [3.8, 4) is 0 Å². The minimum atomic E-state index is -1.57. The Morgan fingerprint density at radius 3 is 2.06 bits per heavy atom. The Hall–Kier alpha value is -3.82. The first-order valence-corrected chi connectivity index (χ1v) is 10.8. The molecule has 0 bridgehead atoms. The first-order valence-electron chi connectivity index (χ1n) is 9.82. The summed E-state index contributed by atoms with van der Waals surface area (Å²) in [5.74, 6) is 0.807. The van der Waals surface area contributed by atoms with Crippen LogP contribution in [-0.4, -0.2) is 36.4 Å². The third-order valence-electron chi connectivity index (χ3n) is 5.29. The summed E-state index contributed by atoms with van der Waals surface area (Å²) in [6.45, 7) is 0. The molecule has 0 aliphatic carbocycles. The maximum absolute atomic E-state index is 12.0. The molecular formula is C23H17N5O3S. The van der Waals surface area contributed by atoms with Gasteiger partial charge in [0.15, 0.2) is 11.4 Å². The maximum atomic E-state index is 12.0. The van der Waals surface area contributed by atoms with Crippen molar-refractivity contribution in [2.75, 3.05) is 5.75 Å². The Labute approximate surface area is 187 Å². The van der Waals surface area contributed by atoms with Crippen LogP contribution in [0.1, 0.15) is 22.5 Å². The Balaban J connectivity index is 1.65. The molecule has 1 aliphatic heterocycles. The second-order valence-corrected chi connectivity index (χ2v) is 8.14. The van der Waals surface area contributed by atoms with E-state index < -0.39 is 10.5 Å². The van der Waals surface area contributed by atoms with Gasteiger partial charge < -0.3 is 5.11 Å². The summed E-state index contributed by atoms with van der Waals surface area (Å²) in [5, 5.41) is 36.9. The Morgan fingerprint density at radius 1 is 0.906 bits per heavy atom. The average molecular weight is 443 g/mol. The molecule has 0 saturated carbocycles. The second-order valence-electron chi connectivity index (χ2n) is 7.20. The van der Waals surface area contributed by atoms with E-state index in [1.807, 2.05) is 60.7 Å². The number of benzene rings is 3. The van der Waals surface area contributed by atoms with Gasteiger partial charge in [-0.1, -0.05) is 72.4 Å². The number of nitro groups is 1. The van der Waals surface area contributed by atoms with E-state index in [1.165, 1.54) is 23.9 Å². The topological polar surface area (TPSA) is 106 Å². The van der Waals surface area contributed by atoms with Crippen molar-refractivity contribution in [3.05, 3.63) is 118 Å². The van der Waals surface area contributed by atoms with Crippen molar-refractivity contribution in [1.29, 1.82) is 0 Å². The number of rotatable bonds is 5. The molecule has 9 heteroatoms. The van der Waals surface area contributed by atoms with Gasteiger partial charge in [-0.3, -0.25) is 10.1 Å². The van der Waals surface area contributed by atoms with Crippen LogP contribution >= 0.6 is 11.8 Å². The highest BCUT2D eigenvalue weighted by molar-refractivity contribution is 7.99. The van der Waals surface area contributed by atoms with Crippen LogP contribution in [0.4, 0.5) is 5.69 Å². The van der Waals surface area contributed by atoms with Gasteiger partial charge in [0.1, 0.15) is 0 Å². The van der Waals surface area contributed by atoms with E-state index in [-0.39, 0.29) is 11.5 Å². The van der Waals surface area contributed by atoms with Gasteiger partial charge in [-0.25, -0.2) is 0 Å². The summed E-state index contributed by atoms with van der Waals surface area (Å²) in [5.41, 5.74) is 1.20. The van der Waals surface area contributed by atoms with Gasteiger partial charge in [0.25, 0.3) is 5.69 Å². The van der Waals surface area contributed by atoms with E-state index in [9.17, 15) is 15.2 Å². The summed E-state index contributed by atoms with van der Waals surface area (Å²) in [6.07, 6.45) is 0. The zero-order valence-electron chi connectivity index (χ0n) is 16.7. The molecule has 0 radical (unpaired) electrons. The van der Waals surface area contributed by atoms with Crippen LogP contribution in [0.15, 0.2) is 95.2 Å². The highest BCUT2D eigenvalue weighted by atomic mass is 32.2. The fourth-order valence-corrected chi connectivity index (χ4v) is 4.49. The van der Waals surface area contributed by atoms with E-state index in [0.717, 1.165) is 5.56 Å². The van der Waals surface area contributed by atoms with Crippen LogP contribution in [0.5, 0.6) is 0 Å². The first kappa shape index (κ1) is 20.1. The molecule has 3 aromatic carbocycles. The third-order valence-corrected chi connectivity index (χ3v) is 6.22. The maximum Gasteiger partial charge on any atom is 0.269 e. The predicted molar refractivity (Wildman–Crippen MR) is 121 cm³/mol. The van der Waals surface area contributed by atoms with Crippen LogP contribution in [0.3, 0.4) is 0 Å². The quantitative estimate of drug-likeness (QED) is 0.371. The number of nitro benzene ring substituents is 1. The lowest BCUT2D eigenvalue weighted by atomic mass is 9.85. The highest BCUT2D eigenvalue weighted by Gasteiger charge is 2.40. The fraction of sp³-hybridized carbons (Fsp3) is 0.0870. The molecule has 1 aromatic heterocycles. The number of hydrogen-bond donors (Lipinski definition) is 1. The molecule has 0 unspecified atom stereocenters. The molecule has 0 spiro atoms. The van der Waals surface area contributed by atoms with Gasteiger partial charge in [0.05, 0.1) is 10.6 Å². The summed E-state index contributed by atoms with van der Waals surface area (Å²) in [4.78, 5) is 10.5. The lowest BCUT2D eigenvalue weighted by Gasteiger charge is -2.28. The van der Waals surface area contributed by atoms with E-state index in [0.29, 0.717) is 27.7 Å². The molecule has 158 valence electrons. The number of non-ortho nitro benzene ring substituents is 1. The average Bonchev–Trinajstić information content (AvgIpc) is 3.28. The zero-order valence-corrected chi connectivity index (χ0v) is 17.5. The van der Waals surface area contributed by atoms with Gasteiger partial charge >= 0.3 is 0 Å². The lowest BCUT2D eigenvalue weighted by Crippen LogP contribution is -2.33. The third kappa shape index (κ3) is 3.37. The van der Waals surface area contributed by atoms with E-state index in [4.69, 9.17) is 5.10 Å². The zero-order chi connectivity index (χ0) is 22.1. The predicted octanol–water partition coefficient (Wildman–Crippen LogP) is 3.83. The summed E-state index contributed by atoms with van der Waals surface area (Å²) in [6, 6.07) is 24.8. The molecule has 8 nitrogen and oxygen atoms in total. The van der Waals surface area contributed by atoms with Crippen LogP contribution in [-0.2, 0) is 5.60 Å². The monoisotopic (exact) mass is 443 g/mol. The summed E-state index contributed by atoms with van der Waals surface area (Å²) < 4.78 is 1.56. The van der Waals surface area contributed by atoms with Crippen LogP contribution in [0.2, 0.25) is 0 Å². The van der Waals surface area contributed by atoms with Crippen LogP contribution in [0.25, 0.3) is 0 Å². The van der Waals surface area contributed by atoms with Crippen molar-refractivity contribution < 1.29 is 10.0 Å². The number of hydrogen-bond acceptors (Lipinski definition) is 7. The number of aromatic nitrogens is 3. The van der Waals surface area contributed by atoms with E-state index in [1.54, 1.807) is 16.8 Å². The normalized spacial score (nSPS) is 13.3. The molecule has 0 atom stereocenters. The van der Waals surface area contributed by atoms with Gasteiger partial charge in [-0.2, -0.15) is 9.78 Å². The molecule has 32 heavy (non-hydrogen) atoms. The Kier molecular flexibility index (Phi) is 5.04. The SMILES string of the molecule is O=[N+]([O-])c1ccc(C2=Nn3c(nnc3C(O)(c3ccccc3)c3ccccc3)SC2)cc1. The largest absolute Gasteiger partial charge is 0.373 e. The van der Waals surface area contributed by atoms with Crippen LogP contribution in [0, 0.1) is 10.1 Å². The molecule has 5 rings (SSSR count). The molecule has 0 amide bonds. The summed E-state index contributed by atoms with van der Waals surface area (Å²) in [7, 11) is 0. The minimum Gasteiger partial charge on any atom is -0.373 e. The van der Waals surface area contributed by atoms with Crippen molar-refractivity contribution in [2.45, 2.75) is 10.8 Å². The van der Waals surface area contributed by atoms with Gasteiger partial charge in [-0.15, -0.1) is 10.2 Å². The smallest absolute Gasteiger partial charge is 0.269 e. The van der Waals surface area contributed by atoms with Gasteiger partial charge in [0.2, 0.25) is 5.16 Å². The molecular weight excluding hydrogens is 426 g/mol. The molecule has 0 saturated heterocycles. The Morgan fingerprint density at radius 2 is 1.50 bits per heavy atom. The number of aliphatic hydroxyl groups is 1. The Bertz CT molecular complexity index is 1270. The second kappa shape index (κ2) is 8.03. The van der Waals surface area contributed by atoms with Gasteiger partial charge in [0, 0.05) is 17.9 Å². The molecule has 4 aromatic rings. The van der Waals surface area contributed by atoms with E-state index in [2.05, 4.69) is 10.2 Å². The number of fused-ring (bicyclic) bond motifs is 1. The lowest BCUT2D eigenvalue weighted by molar-refractivity contribution is -0.384. The first-order chi connectivity index (χ1) is 15.6. The van der Waals surface area contributed by atoms with Crippen molar-refractivity contribution in [1.82, 2.24) is 14.9 Å². The van der Waals surface area contributed by atoms with E-state index >= 15 is 0 Å². The standard InChI is InChI=1S/C23H17N5O3S/c29-23(17-7-3-1-4-8-17,18-9-5-2-6-10-18)21-24-25-22-27(21)26-20(15-32-22)16-11-13-19(14-12-16)28(30)31/h1-14,29H,15H2. The summed E-state index contributed by atoms with van der Waals surface area (Å²) >= 11 is 1.44. The molecule has 1 aliphatic rings. The van der Waals surface area contributed by atoms with Gasteiger partial charge in [-0.05, 0) is 28.8 Å². The number of thioether (sulfide) groups is 1. The molecule has 1 N–H and O–H groups in total. The highest BCUT2D eigenvalue weighted by Crippen LogP contribution is 2.38.